The number of amides is 1. The summed E-state index contributed by atoms with van der Waals surface area (Å²) in [5.41, 5.74) is 1.72. The smallest absolute Gasteiger partial charge is 0.238 e. The Labute approximate surface area is 129 Å². The second-order valence-corrected chi connectivity index (χ2v) is 5.31. The monoisotopic (exact) mass is 306 g/mol. The van der Waals surface area contributed by atoms with Crippen LogP contribution in [0.1, 0.15) is 12.5 Å². The van der Waals surface area contributed by atoms with Gasteiger partial charge in [0.15, 0.2) is 0 Å². The molecule has 0 fully saturated rings. The molecule has 21 heavy (non-hydrogen) atoms. The van der Waals surface area contributed by atoms with Crippen LogP contribution in [0, 0.1) is 0 Å². The lowest BCUT2D eigenvalue weighted by Crippen LogP contribution is -2.29. The molecule has 1 N–H and O–H groups in total. The van der Waals surface area contributed by atoms with Crippen LogP contribution in [0.15, 0.2) is 36.7 Å². The number of carbonyl (C=O) groups is 1. The molecule has 5 nitrogen and oxygen atoms in total. The van der Waals surface area contributed by atoms with Gasteiger partial charge in [0.1, 0.15) is 0 Å². The van der Waals surface area contributed by atoms with E-state index in [1.807, 2.05) is 48.1 Å². The first kappa shape index (κ1) is 15.5. The molecule has 0 aliphatic rings. The SMILES string of the molecule is CCn1cc(CN(C)CC(=O)Nc2ccccc2Cl)cn1. The lowest BCUT2D eigenvalue weighted by Gasteiger charge is -2.15. The van der Waals surface area contributed by atoms with Crippen molar-refractivity contribution in [2.75, 3.05) is 18.9 Å². The summed E-state index contributed by atoms with van der Waals surface area (Å²) >= 11 is 6.01. The van der Waals surface area contributed by atoms with E-state index in [1.54, 1.807) is 12.1 Å². The van der Waals surface area contributed by atoms with Gasteiger partial charge in [-0.3, -0.25) is 14.4 Å². The van der Waals surface area contributed by atoms with Crippen molar-refractivity contribution in [3.8, 4) is 0 Å². The van der Waals surface area contributed by atoms with Crippen LogP contribution in [0.25, 0.3) is 0 Å². The molecule has 0 saturated carbocycles. The van der Waals surface area contributed by atoms with Crippen molar-refractivity contribution >= 4 is 23.2 Å². The second-order valence-electron chi connectivity index (χ2n) is 4.90. The lowest BCUT2D eigenvalue weighted by atomic mass is 10.3. The number of halogens is 1. The Morgan fingerprint density at radius 1 is 1.43 bits per heavy atom. The Balaban J connectivity index is 1.86. The van der Waals surface area contributed by atoms with Crippen LogP contribution in [0.4, 0.5) is 5.69 Å². The predicted molar refractivity (Wildman–Crippen MR) is 84.3 cm³/mol. The topological polar surface area (TPSA) is 50.2 Å². The van der Waals surface area contributed by atoms with Gasteiger partial charge in [0.25, 0.3) is 0 Å². The van der Waals surface area contributed by atoms with Crippen molar-refractivity contribution < 1.29 is 4.79 Å². The zero-order valence-corrected chi connectivity index (χ0v) is 13.0. The van der Waals surface area contributed by atoms with Crippen LogP contribution in [0.5, 0.6) is 0 Å². The Kier molecular flexibility index (Phi) is 5.36. The summed E-state index contributed by atoms with van der Waals surface area (Å²) < 4.78 is 1.87. The fourth-order valence-corrected chi connectivity index (χ4v) is 2.21. The third kappa shape index (κ3) is 4.58. The number of anilines is 1. The molecule has 0 aliphatic heterocycles. The average Bonchev–Trinajstić information content (AvgIpc) is 2.88. The molecule has 1 amide bonds. The molecule has 1 heterocycles. The van der Waals surface area contributed by atoms with Crippen molar-refractivity contribution in [3.63, 3.8) is 0 Å². The van der Waals surface area contributed by atoms with Gasteiger partial charge in [-0.05, 0) is 26.1 Å². The van der Waals surface area contributed by atoms with E-state index in [0.717, 1.165) is 12.1 Å². The highest BCUT2D eigenvalue weighted by Crippen LogP contribution is 2.20. The molecule has 2 aromatic rings. The number of likely N-dealkylation sites (N-methyl/N-ethyl adjacent to an activating group) is 1. The van der Waals surface area contributed by atoms with E-state index in [4.69, 9.17) is 11.6 Å². The summed E-state index contributed by atoms with van der Waals surface area (Å²) in [6.45, 7) is 3.85. The molecular formula is C15H19ClN4O. The summed E-state index contributed by atoms with van der Waals surface area (Å²) in [6.07, 6.45) is 3.81. The molecule has 0 aliphatic carbocycles. The van der Waals surface area contributed by atoms with Crippen molar-refractivity contribution in [3.05, 3.63) is 47.2 Å². The van der Waals surface area contributed by atoms with E-state index in [9.17, 15) is 4.79 Å². The summed E-state index contributed by atoms with van der Waals surface area (Å²) in [4.78, 5) is 13.9. The number of nitrogens with one attached hydrogen (secondary N) is 1. The Morgan fingerprint density at radius 3 is 2.86 bits per heavy atom. The van der Waals surface area contributed by atoms with Crippen LogP contribution < -0.4 is 5.32 Å². The van der Waals surface area contributed by atoms with Crippen LogP contribution in [-0.2, 0) is 17.9 Å². The first-order valence-corrected chi connectivity index (χ1v) is 7.20. The summed E-state index contributed by atoms with van der Waals surface area (Å²) in [5.74, 6) is -0.0894. The highest BCUT2D eigenvalue weighted by molar-refractivity contribution is 6.33. The molecule has 0 atom stereocenters. The summed E-state index contributed by atoms with van der Waals surface area (Å²) in [6, 6.07) is 7.20. The maximum Gasteiger partial charge on any atom is 0.238 e. The number of hydrogen-bond donors (Lipinski definition) is 1. The Hall–Kier alpha value is -1.85. The van der Waals surface area contributed by atoms with Gasteiger partial charge in [-0.2, -0.15) is 5.10 Å². The maximum atomic E-state index is 12.0. The van der Waals surface area contributed by atoms with Crippen molar-refractivity contribution in [1.82, 2.24) is 14.7 Å². The second kappa shape index (κ2) is 7.24. The third-order valence-corrected chi connectivity index (χ3v) is 3.35. The normalized spacial score (nSPS) is 10.9. The van der Waals surface area contributed by atoms with E-state index in [2.05, 4.69) is 10.4 Å². The minimum absolute atomic E-state index is 0.0894. The number of rotatable bonds is 6. The molecule has 1 aromatic carbocycles. The Morgan fingerprint density at radius 2 is 2.19 bits per heavy atom. The first-order chi connectivity index (χ1) is 10.1. The van der Waals surface area contributed by atoms with Crippen LogP contribution in [-0.4, -0.2) is 34.2 Å². The van der Waals surface area contributed by atoms with Gasteiger partial charge >= 0.3 is 0 Å². The van der Waals surface area contributed by atoms with E-state index in [1.165, 1.54) is 0 Å². The van der Waals surface area contributed by atoms with Crippen LogP contribution in [0.3, 0.4) is 0 Å². The number of hydrogen-bond acceptors (Lipinski definition) is 3. The Bertz CT molecular complexity index is 611. The van der Waals surface area contributed by atoms with Gasteiger partial charge < -0.3 is 5.32 Å². The number of nitrogens with zero attached hydrogens (tertiary/aromatic N) is 3. The highest BCUT2D eigenvalue weighted by atomic mass is 35.5. The van der Waals surface area contributed by atoms with Gasteiger partial charge in [0, 0.05) is 24.8 Å². The molecule has 2 rings (SSSR count). The molecule has 112 valence electrons. The zero-order valence-electron chi connectivity index (χ0n) is 12.2. The molecule has 0 saturated heterocycles. The molecule has 0 radical (unpaired) electrons. The quantitative estimate of drug-likeness (QED) is 0.892. The largest absolute Gasteiger partial charge is 0.324 e. The summed E-state index contributed by atoms with van der Waals surface area (Å²) in [5, 5.41) is 7.57. The first-order valence-electron chi connectivity index (χ1n) is 6.82. The van der Waals surface area contributed by atoms with E-state index in [-0.39, 0.29) is 5.91 Å². The van der Waals surface area contributed by atoms with Crippen molar-refractivity contribution in [2.45, 2.75) is 20.0 Å². The van der Waals surface area contributed by atoms with Gasteiger partial charge in [0.2, 0.25) is 5.91 Å². The van der Waals surface area contributed by atoms with Crippen molar-refractivity contribution in [1.29, 1.82) is 0 Å². The standard InChI is InChI=1S/C15H19ClN4O/c1-3-20-10-12(8-17-20)9-19(2)11-15(21)18-14-7-5-4-6-13(14)16/h4-8,10H,3,9,11H2,1-2H3,(H,18,21). The van der Waals surface area contributed by atoms with Crippen LogP contribution >= 0.6 is 11.6 Å². The number of para-hydroxylation sites is 1. The fourth-order valence-electron chi connectivity index (χ4n) is 2.03. The minimum Gasteiger partial charge on any atom is -0.324 e. The van der Waals surface area contributed by atoms with Gasteiger partial charge in [-0.15, -0.1) is 0 Å². The highest BCUT2D eigenvalue weighted by Gasteiger charge is 2.10. The van der Waals surface area contributed by atoms with Gasteiger partial charge in [0.05, 0.1) is 23.5 Å². The maximum absolute atomic E-state index is 12.0. The number of aryl methyl sites for hydroxylation is 1. The number of carbonyl (C=O) groups excluding carboxylic acids is 1. The van der Waals surface area contributed by atoms with E-state index in [0.29, 0.717) is 23.8 Å². The molecule has 1 aromatic heterocycles. The molecule has 0 unspecified atom stereocenters. The zero-order chi connectivity index (χ0) is 15.2. The van der Waals surface area contributed by atoms with Crippen molar-refractivity contribution in [2.24, 2.45) is 0 Å². The van der Waals surface area contributed by atoms with E-state index >= 15 is 0 Å². The summed E-state index contributed by atoms with van der Waals surface area (Å²) in [7, 11) is 1.90. The fraction of sp³-hybridized carbons (Fsp3) is 0.333. The molecule has 0 bridgehead atoms. The van der Waals surface area contributed by atoms with Gasteiger partial charge in [-0.25, -0.2) is 0 Å². The molecular weight excluding hydrogens is 288 g/mol. The number of benzene rings is 1. The third-order valence-electron chi connectivity index (χ3n) is 3.02. The minimum atomic E-state index is -0.0894. The van der Waals surface area contributed by atoms with E-state index < -0.39 is 0 Å². The van der Waals surface area contributed by atoms with Gasteiger partial charge in [-0.1, -0.05) is 23.7 Å². The lowest BCUT2D eigenvalue weighted by molar-refractivity contribution is -0.117. The molecule has 0 spiro atoms. The molecule has 6 heteroatoms. The van der Waals surface area contributed by atoms with Crippen LogP contribution in [0.2, 0.25) is 5.02 Å². The predicted octanol–water partition coefficient (Wildman–Crippen LogP) is 2.63. The number of aromatic nitrogens is 2. The average molecular weight is 307 g/mol.